The van der Waals surface area contributed by atoms with E-state index in [-0.39, 0.29) is 30.3 Å². The molecular formula is C28H33BrN4O4. The van der Waals surface area contributed by atoms with Crippen molar-refractivity contribution >= 4 is 27.7 Å². The average Bonchev–Trinajstić information content (AvgIpc) is 3.37. The highest BCUT2D eigenvalue weighted by molar-refractivity contribution is 9.10. The van der Waals surface area contributed by atoms with E-state index in [0.29, 0.717) is 57.0 Å². The van der Waals surface area contributed by atoms with Gasteiger partial charge in [-0.3, -0.25) is 9.59 Å². The number of carbonyl (C=O) groups excluding carboxylic acids is 2. The monoisotopic (exact) mass is 568 g/mol. The Bertz CT molecular complexity index is 1190. The third-order valence-electron chi connectivity index (χ3n) is 6.60. The van der Waals surface area contributed by atoms with Gasteiger partial charge in [0.2, 0.25) is 17.7 Å². The Morgan fingerprint density at radius 3 is 2.73 bits per heavy atom. The molecule has 0 saturated carbocycles. The van der Waals surface area contributed by atoms with Crippen molar-refractivity contribution in [2.45, 2.75) is 51.7 Å². The summed E-state index contributed by atoms with van der Waals surface area (Å²) in [6, 6.07) is 17.6. The summed E-state index contributed by atoms with van der Waals surface area (Å²) in [6.45, 7) is 3.54. The first-order chi connectivity index (χ1) is 17.9. The van der Waals surface area contributed by atoms with E-state index in [1.54, 1.807) is 4.90 Å². The van der Waals surface area contributed by atoms with Crippen LogP contribution in [0.2, 0.25) is 0 Å². The molecule has 0 radical (unpaired) electrons. The van der Waals surface area contributed by atoms with Gasteiger partial charge in [0.25, 0.3) is 0 Å². The van der Waals surface area contributed by atoms with Crippen molar-refractivity contribution in [3.8, 4) is 5.75 Å². The number of aryl methyl sites for hydroxylation is 2. The molecule has 1 aromatic heterocycles. The van der Waals surface area contributed by atoms with Gasteiger partial charge in [-0.25, -0.2) is 0 Å². The van der Waals surface area contributed by atoms with Crippen molar-refractivity contribution in [3.63, 3.8) is 0 Å². The zero-order chi connectivity index (χ0) is 26.2. The Kier molecular flexibility index (Phi) is 9.33. The standard InChI is InChI=1S/C28H33BrN4O4/c1-3-25-30-26(37-31-25)12-13-27(34)33-15-14-24(36-23-11-7-10-22(29)17-23)21(19-33)16-28(35)32(2)18-20-8-5-4-6-9-20/h4-11,17,21,24H,3,12-16,18-19H2,1-2H3/t21-,24-/m0/s1. The number of piperidine rings is 1. The fourth-order valence-corrected chi connectivity index (χ4v) is 4.91. The van der Waals surface area contributed by atoms with E-state index < -0.39 is 0 Å². The lowest BCUT2D eigenvalue weighted by Gasteiger charge is -2.39. The van der Waals surface area contributed by atoms with E-state index in [1.807, 2.05) is 73.5 Å². The second kappa shape index (κ2) is 12.9. The topological polar surface area (TPSA) is 88.8 Å². The average molecular weight is 570 g/mol. The molecule has 1 fully saturated rings. The zero-order valence-corrected chi connectivity index (χ0v) is 22.9. The lowest BCUT2D eigenvalue weighted by molar-refractivity contribution is -0.139. The van der Waals surface area contributed by atoms with Crippen LogP contribution in [0.5, 0.6) is 5.75 Å². The van der Waals surface area contributed by atoms with E-state index in [2.05, 4.69) is 26.1 Å². The number of halogens is 1. The zero-order valence-electron chi connectivity index (χ0n) is 21.3. The van der Waals surface area contributed by atoms with E-state index in [1.165, 1.54) is 0 Å². The Morgan fingerprint density at radius 2 is 2.00 bits per heavy atom. The van der Waals surface area contributed by atoms with Crippen molar-refractivity contribution in [1.82, 2.24) is 19.9 Å². The first kappa shape index (κ1) is 26.9. The predicted molar refractivity (Wildman–Crippen MR) is 143 cm³/mol. The van der Waals surface area contributed by atoms with Crippen LogP contribution in [0.25, 0.3) is 0 Å². The van der Waals surface area contributed by atoms with Gasteiger partial charge < -0.3 is 19.1 Å². The van der Waals surface area contributed by atoms with Crippen LogP contribution in [-0.2, 0) is 29.0 Å². The quantitative estimate of drug-likeness (QED) is 0.353. The van der Waals surface area contributed by atoms with Crippen LogP contribution in [0.15, 0.2) is 63.6 Å². The summed E-state index contributed by atoms with van der Waals surface area (Å²) in [6.07, 6.45) is 2.17. The lowest BCUT2D eigenvalue weighted by Crippen LogP contribution is -2.49. The Morgan fingerprint density at radius 1 is 1.19 bits per heavy atom. The summed E-state index contributed by atoms with van der Waals surface area (Å²) in [7, 11) is 1.82. The van der Waals surface area contributed by atoms with Gasteiger partial charge in [0.05, 0.1) is 0 Å². The fraction of sp³-hybridized carbons (Fsp3) is 0.429. The van der Waals surface area contributed by atoms with Gasteiger partial charge in [-0.05, 0) is 23.8 Å². The SMILES string of the molecule is CCc1noc(CCC(=O)N2CC[C@H](Oc3cccc(Br)c3)[C@@H](CC(=O)N(C)Cc3ccccc3)C2)n1. The molecule has 0 N–H and O–H groups in total. The molecule has 1 aliphatic heterocycles. The number of hydrogen-bond acceptors (Lipinski definition) is 6. The minimum atomic E-state index is -0.171. The molecule has 3 aromatic rings. The van der Waals surface area contributed by atoms with Gasteiger partial charge in [0.1, 0.15) is 11.9 Å². The molecular weight excluding hydrogens is 536 g/mol. The molecule has 2 heterocycles. The Labute approximate surface area is 226 Å². The third-order valence-corrected chi connectivity index (χ3v) is 7.10. The molecule has 1 aliphatic rings. The third kappa shape index (κ3) is 7.64. The number of nitrogens with zero attached hydrogens (tertiary/aromatic N) is 4. The van der Waals surface area contributed by atoms with Crippen molar-refractivity contribution in [1.29, 1.82) is 0 Å². The number of amides is 2. The highest BCUT2D eigenvalue weighted by Crippen LogP contribution is 2.28. The molecule has 196 valence electrons. The van der Waals surface area contributed by atoms with Gasteiger partial charge in [-0.2, -0.15) is 4.98 Å². The normalized spacial score (nSPS) is 17.4. The van der Waals surface area contributed by atoms with Gasteiger partial charge in [0.15, 0.2) is 5.82 Å². The fourth-order valence-electron chi connectivity index (χ4n) is 4.54. The van der Waals surface area contributed by atoms with E-state index in [4.69, 9.17) is 9.26 Å². The number of ether oxygens (including phenoxy) is 1. The van der Waals surface area contributed by atoms with Crippen LogP contribution in [0, 0.1) is 5.92 Å². The summed E-state index contributed by atoms with van der Waals surface area (Å²) in [5, 5.41) is 3.90. The smallest absolute Gasteiger partial charge is 0.227 e. The molecule has 2 aromatic carbocycles. The van der Waals surface area contributed by atoms with Gasteiger partial charge >= 0.3 is 0 Å². The number of carbonyl (C=O) groups is 2. The van der Waals surface area contributed by atoms with Gasteiger partial charge in [-0.1, -0.05) is 64.4 Å². The summed E-state index contributed by atoms with van der Waals surface area (Å²) < 4.78 is 12.5. The molecule has 0 unspecified atom stereocenters. The molecule has 1 saturated heterocycles. The summed E-state index contributed by atoms with van der Waals surface area (Å²) in [5.74, 6) is 1.80. The van der Waals surface area contributed by atoms with Crippen LogP contribution in [0.3, 0.4) is 0 Å². The van der Waals surface area contributed by atoms with Gasteiger partial charge in [0, 0.05) is 69.2 Å². The van der Waals surface area contributed by atoms with E-state index in [9.17, 15) is 9.59 Å². The maximum atomic E-state index is 13.2. The summed E-state index contributed by atoms with van der Waals surface area (Å²) >= 11 is 3.49. The molecule has 2 amide bonds. The van der Waals surface area contributed by atoms with Crippen LogP contribution in [0.4, 0.5) is 0 Å². The van der Waals surface area contributed by atoms with Crippen molar-refractivity contribution in [3.05, 3.63) is 76.3 Å². The highest BCUT2D eigenvalue weighted by Gasteiger charge is 2.35. The molecule has 4 rings (SSSR count). The molecule has 0 bridgehead atoms. The summed E-state index contributed by atoms with van der Waals surface area (Å²) in [4.78, 5) is 34.2. The molecule has 8 nitrogen and oxygen atoms in total. The second-order valence-electron chi connectivity index (χ2n) is 9.40. The minimum Gasteiger partial charge on any atom is -0.490 e. The first-order valence-corrected chi connectivity index (χ1v) is 13.5. The Balaban J connectivity index is 1.41. The minimum absolute atomic E-state index is 0.0206. The van der Waals surface area contributed by atoms with Crippen molar-refractivity contribution in [2.24, 2.45) is 5.92 Å². The molecule has 2 atom stereocenters. The van der Waals surface area contributed by atoms with Crippen LogP contribution < -0.4 is 4.74 Å². The number of hydrogen-bond donors (Lipinski definition) is 0. The summed E-state index contributed by atoms with van der Waals surface area (Å²) in [5.41, 5.74) is 1.08. The lowest BCUT2D eigenvalue weighted by atomic mass is 9.90. The van der Waals surface area contributed by atoms with Crippen molar-refractivity contribution < 1.29 is 18.8 Å². The first-order valence-electron chi connectivity index (χ1n) is 12.7. The highest BCUT2D eigenvalue weighted by atomic mass is 79.9. The Hall–Kier alpha value is -3.20. The molecule has 37 heavy (non-hydrogen) atoms. The predicted octanol–water partition coefficient (Wildman–Crippen LogP) is 4.67. The molecule has 0 spiro atoms. The maximum Gasteiger partial charge on any atom is 0.227 e. The van der Waals surface area contributed by atoms with Crippen molar-refractivity contribution in [2.75, 3.05) is 20.1 Å². The molecule has 0 aliphatic carbocycles. The van der Waals surface area contributed by atoms with Crippen LogP contribution >= 0.6 is 15.9 Å². The van der Waals surface area contributed by atoms with E-state index >= 15 is 0 Å². The second-order valence-corrected chi connectivity index (χ2v) is 10.3. The van der Waals surface area contributed by atoms with Crippen LogP contribution in [-0.4, -0.2) is 58.0 Å². The number of likely N-dealkylation sites (tertiary alicyclic amines) is 1. The number of rotatable bonds is 10. The maximum absolute atomic E-state index is 13.2. The van der Waals surface area contributed by atoms with E-state index in [0.717, 1.165) is 15.8 Å². The number of benzene rings is 2. The largest absolute Gasteiger partial charge is 0.490 e. The van der Waals surface area contributed by atoms with Crippen LogP contribution in [0.1, 0.15) is 43.5 Å². The van der Waals surface area contributed by atoms with Gasteiger partial charge in [-0.15, -0.1) is 0 Å². The number of aromatic nitrogens is 2. The molecule has 9 heteroatoms.